The number of imidazole rings is 1. The molecule has 160 valence electrons. The van der Waals surface area contributed by atoms with E-state index in [1.165, 1.54) is 5.56 Å². The van der Waals surface area contributed by atoms with E-state index in [0.717, 1.165) is 52.2 Å². The number of aromatic amines is 1. The minimum Gasteiger partial charge on any atom is -0.308 e. The summed E-state index contributed by atoms with van der Waals surface area (Å²) in [6.45, 7) is 7.26. The average Bonchev–Trinajstić information content (AvgIpc) is 3.49. The highest BCUT2D eigenvalue weighted by atomic mass is 15.5. The topological polar surface area (TPSA) is 85.2 Å². The molecule has 32 heavy (non-hydrogen) atoms. The van der Waals surface area contributed by atoms with Crippen molar-refractivity contribution in [1.82, 2.24) is 35.2 Å². The van der Waals surface area contributed by atoms with Crippen molar-refractivity contribution >= 4 is 11.2 Å². The lowest BCUT2D eigenvalue weighted by atomic mass is 9.98. The molecule has 0 saturated carbocycles. The third-order valence-corrected chi connectivity index (χ3v) is 6.04. The number of aryl methyl sites for hydroxylation is 1. The van der Waals surface area contributed by atoms with Gasteiger partial charge in [0.2, 0.25) is 5.82 Å². The van der Waals surface area contributed by atoms with Gasteiger partial charge in [-0.25, -0.2) is 9.97 Å². The molecule has 2 aromatic carbocycles. The van der Waals surface area contributed by atoms with E-state index in [4.69, 9.17) is 4.98 Å². The lowest BCUT2D eigenvalue weighted by Gasteiger charge is -2.13. The maximum absolute atomic E-state index is 4.96. The van der Waals surface area contributed by atoms with Crippen LogP contribution in [0.3, 0.4) is 0 Å². The molecule has 0 radical (unpaired) electrons. The van der Waals surface area contributed by atoms with Crippen LogP contribution in [0.5, 0.6) is 0 Å². The highest BCUT2D eigenvalue weighted by molar-refractivity contribution is 5.80. The Kier molecular flexibility index (Phi) is 5.23. The summed E-state index contributed by atoms with van der Waals surface area (Å²) < 4.78 is 2.26. The molecule has 0 spiro atoms. The monoisotopic (exact) mass is 423 g/mol. The van der Waals surface area contributed by atoms with Crippen molar-refractivity contribution in [1.29, 1.82) is 0 Å². The summed E-state index contributed by atoms with van der Waals surface area (Å²) >= 11 is 0. The van der Waals surface area contributed by atoms with Gasteiger partial charge in [0.15, 0.2) is 5.65 Å². The number of nitrogens with one attached hydrogen (secondary N) is 1. The van der Waals surface area contributed by atoms with Crippen LogP contribution in [0.1, 0.15) is 43.1 Å². The van der Waals surface area contributed by atoms with Crippen molar-refractivity contribution in [2.24, 2.45) is 0 Å². The number of rotatable bonds is 6. The first-order valence-corrected chi connectivity index (χ1v) is 10.9. The molecule has 0 fully saturated rings. The maximum atomic E-state index is 4.96. The molecule has 0 aliphatic rings. The molecule has 0 aliphatic heterocycles. The van der Waals surface area contributed by atoms with E-state index in [0.29, 0.717) is 11.7 Å². The van der Waals surface area contributed by atoms with Gasteiger partial charge in [-0.05, 0) is 46.9 Å². The van der Waals surface area contributed by atoms with Crippen molar-refractivity contribution in [3.63, 3.8) is 0 Å². The van der Waals surface area contributed by atoms with Crippen LogP contribution in [-0.4, -0.2) is 35.2 Å². The molecule has 3 heterocycles. The van der Waals surface area contributed by atoms with Gasteiger partial charge in [0, 0.05) is 17.7 Å². The van der Waals surface area contributed by atoms with Crippen LogP contribution in [0, 0.1) is 6.92 Å². The molecule has 1 unspecified atom stereocenters. The van der Waals surface area contributed by atoms with Gasteiger partial charge in [-0.15, -0.1) is 10.2 Å². The fourth-order valence-corrected chi connectivity index (χ4v) is 4.05. The van der Waals surface area contributed by atoms with Crippen LogP contribution in [0.2, 0.25) is 0 Å². The predicted octanol–water partition coefficient (Wildman–Crippen LogP) is 5.15. The molecule has 1 atom stereocenters. The van der Waals surface area contributed by atoms with Gasteiger partial charge >= 0.3 is 0 Å². The number of H-pyrrole nitrogens is 1. The number of benzene rings is 2. The molecule has 0 bridgehead atoms. The number of pyridine rings is 1. The zero-order valence-corrected chi connectivity index (χ0v) is 18.4. The van der Waals surface area contributed by atoms with E-state index in [1.54, 1.807) is 0 Å². The smallest absolute Gasteiger partial charge is 0.205 e. The lowest BCUT2D eigenvalue weighted by Crippen LogP contribution is -2.08. The Morgan fingerprint density at radius 1 is 1.00 bits per heavy atom. The van der Waals surface area contributed by atoms with E-state index in [2.05, 4.69) is 81.3 Å². The zero-order valence-electron chi connectivity index (χ0n) is 18.4. The second-order valence-electron chi connectivity index (χ2n) is 8.14. The number of fused-ring (bicyclic) bond motifs is 1. The molecule has 5 aromatic rings. The van der Waals surface area contributed by atoms with Crippen molar-refractivity contribution < 1.29 is 0 Å². The van der Waals surface area contributed by atoms with Crippen molar-refractivity contribution in [2.75, 3.05) is 0 Å². The normalized spacial score (nSPS) is 12.3. The Bertz CT molecular complexity index is 1350. The van der Waals surface area contributed by atoms with Gasteiger partial charge in [0.25, 0.3) is 0 Å². The van der Waals surface area contributed by atoms with Gasteiger partial charge in [-0.3, -0.25) is 0 Å². The minimum absolute atomic E-state index is 0.365. The molecular weight excluding hydrogens is 398 g/mol. The van der Waals surface area contributed by atoms with Crippen molar-refractivity contribution in [3.05, 3.63) is 77.7 Å². The second-order valence-corrected chi connectivity index (χ2v) is 8.14. The molecule has 7 nitrogen and oxygen atoms in total. The lowest BCUT2D eigenvalue weighted by molar-refractivity contribution is 0.625. The first-order valence-electron chi connectivity index (χ1n) is 10.9. The Hall–Kier alpha value is -3.87. The molecule has 0 saturated heterocycles. The predicted molar refractivity (Wildman–Crippen MR) is 125 cm³/mol. The fourth-order valence-electron chi connectivity index (χ4n) is 4.05. The quantitative estimate of drug-likeness (QED) is 0.408. The van der Waals surface area contributed by atoms with Crippen LogP contribution in [-0.2, 0) is 6.54 Å². The third-order valence-electron chi connectivity index (χ3n) is 6.04. The molecule has 5 rings (SSSR count). The van der Waals surface area contributed by atoms with Crippen LogP contribution >= 0.6 is 0 Å². The van der Waals surface area contributed by atoms with Gasteiger partial charge < -0.3 is 4.57 Å². The van der Waals surface area contributed by atoms with Crippen molar-refractivity contribution in [2.45, 2.75) is 39.7 Å². The van der Waals surface area contributed by atoms with E-state index in [9.17, 15) is 0 Å². The number of tetrazole rings is 1. The number of hydrogen-bond donors (Lipinski definition) is 1. The minimum atomic E-state index is 0.365. The van der Waals surface area contributed by atoms with Gasteiger partial charge in [-0.2, -0.15) is 5.21 Å². The summed E-state index contributed by atoms with van der Waals surface area (Å²) in [4.78, 5) is 9.62. The van der Waals surface area contributed by atoms with E-state index in [1.807, 2.05) is 30.5 Å². The molecular formula is C25H25N7. The average molecular weight is 424 g/mol. The Morgan fingerprint density at radius 3 is 2.50 bits per heavy atom. The van der Waals surface area contributed by atoms with Gasteiger partial charge in [0.1, 0.15) is 11.3 Å². The highest BCUT2D eigenvalue weighted by Gasteiger charge is 2.18. The second kappa shape index (κ2) is 8.34. The first-order chi connectivity index (χ1) is 15.7. The molecule has 7 heteroatoms. The SMILES string of the molecule is CCC(C)c1nc2c(C)ccnc2n1Cc1ccc(-c2ccccc2-c2nn[nH]n2)cc1. The Labute approximate surface area is 186 Å². The summed E-state index contributed by atoms with van der Waals surface area (Å²) in [5.41, 5.74) is 7.45. The Balaban J connectivity index is 1.51. The largest absolute Gasteiger partial charge is 0.308 e. The van der Waals surface area contributed by atoms with Crippen LogP contribution in [0.4, 0.5) is 0 Å². The molecule has 0 amide bonds. The standard InChI is InChI=1S/C25H25N7/c1-4-16(2)24-27-22-17(3)13-14-26-25(22)32(24)15-18-9-11-19(12-10-18)20-7-5-6-8-21(20)23-28-30-31-29-23/h5-14,16H,4,15H2,1-3H3,(H,28,29,30,31). The van der Waals surface area contributed by atoms with Crippen LogP contribution < -0.4 is 0 Å². The molecule has 1 N–H and O–H groups in total. The molecule has 0 aliphatic carbocycles. The summed E-state index contributed by atoms with van der Waals surface area (Å²) in [6.07, 6.45) is 2.91. The summed E-state index contributed by atoms with van der Waals surface area (Å²) in [5, 5.41) is 14.5. The van der Waals surface area contributed by atoms with E-state index >= 15 is 0 Å². The van der Waals surface area contributed by atoms with Gasteiger partial charge in [-0.1, -0.05) is 62.4 Å². The van der Waals surface area contributed by atoms with E-state index < -0.39 is 0 Å². The number of hydrogen-bond acceptors (Lipinski definition) is 5. The maximum Gasteiger partial charge on any atom is 0.205 e. The van der Waals surface area contributed by atoms with Gasteiger partial charge in [0.05, 0.1) is 6.54 Å². The van der Waals surface area contributed by atoms with Crippen LogP contribution in [0.25, 0.3) is 33.7 Å². The zero-order chi connectivity index (χ0) is 22.1. The fraction of sp³-hybridized carbons (Fsp3) is 0.240. The summed E-state index contributed by atoms with van der Waals surface area (Å²) in [5.74, 6) is 2.05. The van der Waals surface area contributed by atoms with Crippen LogP contribution in [0.15, 0.2) is 60.8 Å². The Morgan fingerprint density at radius 2 is 1.78 bits per heavy atom. The molecule has 3 aromatic heterocycles. The number of aromatic nitrogens is 7. The summed E-state index contributed by atoms with van der Waals surface area (Å²) in [7, 11) is 0. The third kappa shape index (κ3) is 3.56. The first kappa shape index (κ1) is 20.1. The highest BCUT2D eigenvalue weighted by Crippen LogP contribution is 2.30. The van der Waals surface area contributed by atoms with Crippen molar-refractivity contribution in [3.8, 4) is 22.5 Å². The summed E-state index contributed by atoms with van der Waals surface area (Å²) in [6, 6.07) is 18.8. The number of nitrogens with zero attached hydrogens (tertiary/aromatic N) is 6. The van der Waals surface area contributed by atoms with E-state index in [-0.39, 0.29) is 0 Å².